The molecule has 0 aliphatic carbocycles. The molecule has 7 nitrogen and oxygen atoms in total. The van der Waals surface area contributed by atoms with Crippen molar-refractivity contribution in [1.29, 1.82) is 0 Å². The summed E-state index contributed by atoms with van der Waals surface area (Å²) in [6.07, 6.45) is 4.89. The normalized spacial score (nSPS) is 18.5. The number of likely N-dealkylation sites (N-methyl/N-ethyl adjacent to an activating group) is 1. The van der Waals surface area contributed by atoms with Gasteiger partial charge in [-0.05, 0) is 43.2 Å². The molecule has 3 heterocycles. The molecule has 1 aliphatic heterocycles. The molecule has 0 saturated heterocycles. The second-order valence-electron chi connectivity index (χ2n) is 7.86. The molecule has 2 amide bonds. The number of pyridine rings is 1. The molecule has 2 aromatic heterocycles. The molecule has 30 heavy (non-hydrogen) atoms. The molecule has 3 aromatic rings. The van der Waals surface area contributed by atoms with E-state index < -0.39 is 11.5 Å². The van der Waals surface area contributed by atoms with Gasteiger partial charge in [-0.1, -0.05) is 18.2 Å². The van der Waals surface area contributed by atoms with E-state index >= 15 is 0 Å². The highest BCUT2D eigenvalue weighted by atomic mass is 16.3. The first-order chi connectivity index (χ1) is 14.2. The second-order valence-corrected chi connectivity index (χ2v) is 7.86. The summed E-state index contributed by atoms with van der Waals surface area (Å²) in [6.45, 7) is 3.81. The Labute approximate surface area is 174 Å². The monoisotopic (exact) mass is 405 g/mol. The van der Waals surface area contributed by atoms with Crippen LogP contribution >= 0.6 is 0 Å². The molecule has 1 unspecified atom stereocenters. The highest BCUT2D eigenvalue weighted by molar-refractivity contribution is 5.99. The maximum atomic E-state index is 12.6. The number of aromatic nitrogens is 1. The molecular formula is C23H23N3O4. The van der Waals surface area contributed by atoms with Gasteiger partial charge in [0.05, 0.1) is 6.54 Å². The Hall–Kier alpha value is -3.45. The number of amides is 2. The summed E-state index contributed by atoms with van der Waals surface area (Å²) in [5.74, 6) is 0.553. The van der Waals surface area contributed by atoms with E-state index in [2.05, 4.69) is 10.3 Å². The molecular weight excluding hydrogens is 382 g/mol. The van der Waals surface area contributed by atoms with Crippen molar-refractivity contribution in [3.05, 3.63) is 65.1 Å². The summed E-state index contributed by atoms with van der Waals surface area (Å²) >= 11 is 0. The van der Waals surface area contributed by atoms with Crippen LogP contribution < -0.4 is 5.32 Å². The summed E-state index contributed by atoms with van der Waals surface area (Å²) in [5, 5.41) is 13.8. The Morgan fingerprint density at radius 1 is 1.40 bits per heavy atom. The molecule has 0 saturated carbocycles. The van der Waals surface area contributed by atoms with Gasteiger partial charge in [-0.15, -0.1) is 0 Å². The van der Waals surface area contributed by atoms with Crippen molar-refractivity contribution >= 4 is 34.7 Å². The van der Waals surface area contributed by atoms with Crippen molar-refractivity contribution in [1.82, 2.24) is 9.88 Å². The molecule has 1 aliphatic rings. The van der Waals surface area contributed by atoms with Crippen molar-refractivity contribution in [2.45, 2.75) is 32.4 Å². The fraction of sp³-hybridized carbons (Fsp3) is 0.261. The lowest BCUT2D eigenvalue weighted by molar-refractivity contribution is -0.132. The van der Waals surface area contributed by atoms with Gasteiger partial charge >= 0.3 is 0 Å². The van der Waals surface area contributed by atoms with Gasteiger partial charge in [0, 0.05) is 36.7 Å². The average molecular weight is 405 g/mol. The van der Waals surface area contributed by atoms with Crippen LogP contribution in [0.5, 0.6) is 0 Å². The Balaban J connectivity index is 1.47. The van der Waals surface area contributed by atoms with Gasteiger partial charge < -0.3 is 19.7 Å². The molecule has 1 atom stereocenters. The molecule has 0 spiro atoms. The number of aryl methyl sites for hydroxylation is 1. The number of benzene rings is 1. The largest absolute Gasteiger partial charge is 0.459 e. The average Bonchev–Trinajstić information content (AvgIpc) is 3.02. The van der Waals surface area contributed by atoms with Crippen molar-refractivity contribution in [2.75, 3.05) is 12.4 Å². The van der Waals surface area contributed by atoms with E-state index in [4.69, 9.17) is 4.42 Å². The molecule has 4 rings (SSSR count). The van der Waals surface area contributed by atoms with Crippen LogP contribution in [0.2, 0.25) is 0 Å². The topological polar surface area (TPSA) is 95.7 Å². The van der Waals surface area contributed by atoms with Crippen molar-refractivity contribution in [3.8, 4) is 0 Å². The first-order valence-corrected chi connectivity index (χ1v) is 9.67. The number of carbonyl (C=O) groups excluding carboxylic acids is 2. The maximum absolute atomic E-state index is 12.6. The Morgan fingerprint density at radius 3 is 2.93 bits per heavy atom. The number of carbonyl (C=O) groups is 2. The van der Waals surface area contributed by atoms with Crippen LogP contribution in [0.4, 0.5) is 5.82 Å². The van der Waals surface area contributed by atoms with Crippen LogP contribution in [0.15, 0.2) is 47.0 Å². The van der Waals surface area contributed by atoms with Crippen LogP contribution in [-0.2, 0) is 22.6 Å². The quantitative estimate of drug-likeness (QED) is 0.651. The van der Waals surface area contributed by atoms with Crippen LogP contribution in [-0.4, -0.2) is 39.5 Å². The number of nitrogens with zero attached hydrogens (tertiary/aromatic N) is 2. The second kappa shape index (κ2) is 7.42. The van der Waals surface area contributed by atoms with Crippen LogP contribution in [0.25, 0.3) is 17.0 Å². The number of anilines is 1. The first kappa shape index (κ1) is 19.8. The molecule has 0 fully saturated rings. The van der Waals surface area contributed by atoms with E-state index in [1.54, 1.807) is 24.2 Å². The van der Waals surface area contributed by atoms with Gasteiger partial charge in [0.1, 0.15) is 22.8 Å². The Kier molecular flexibility index (Phi) is 4.91. The number of furan rings is 1. The SMILES string of the molecule is Cc1c(CN(C)C(=O)C=Cc2cnc3c(c2)CC(C)(O)C(=O)N3)oc2ccccc12. The minimum atomic E-state index is -1.47. The Bertz CT molecular complexity index is 1180. The first-order valence-electron chi connectivity index (χ1n) is 9.67. The molecule has 1 aromatic carbocycles. The predicted molar refractivity (Wildman–Crippen MR) is 114 cm³/mol. The van der Waals surface area contributed by atoms with Crippen LogP contribution in [0.1, 0.15) is 29.4 Å². The summed E-state index contributed by atoms with van der Waals surface area (Å²) in [7, 11) is 1.72. The van der Waals surface area contributed by atoms with E-state index in [0.29, 0.717) is 17.9 Å². The summed E-state index contributed by atoms with van der Waals surface area (Å²) in [4.78, 5) is 30.2. The smallest absolute Gasteiger partial charge is 0.257 e. The minimum Gasteiger partial charge on any atom is -0.459 e. The molecule has 0 radical (unpaired) electrons. The Morgan fingerprint density at radius 2 is 2.17 bits per heavy atom. The van der Waals surface area contributed by atoms with Gasteiger partial charge in [-0.3, -0.25) is 9.59 Å². The zero-order valence-corrected chi connectivity index (χ0v) is 17.1. The zero-order valence-electron chi connectivity index (χ0n) is 17.1. The van der Waals surface area contributed by atoms with E-state index in [0.717, 1.165) is 27.9 Å². The third kappa shape index (κ3) is 3.71. The molecule has 2 N–H and O–H groups in total. The maximum Gasteiger partial charge on any atom is 0.257 e. The third-order valence-electron chi connectivity index (χ3n) is 5.36. The number of nitrogens with one attached hydrogen (secondary N) is 1. The highest BCUT2D eigenvalue weighted by Gasteiger charge is 2.36. The van der Waals surface area contributed by atoms with Gasteiger partial charge in [-0.25, -0.2) is 4.98 Å². The van der Waals surface area contributed by atoms with Gasteiger partial charge in [0.2, 0.25) is 5.91 Å². The van der Waals surface area contributed by atoms with Crippen molar-refractivity contribution in [2.24, 2.45) is 0 Å². The summed E-state index contributed by atoms with van der Waals surface area (Å²) in [6, 6.07) is 9.61. The number of fused-ring (bicyclic) bond motifs is 2. The van der Waals surface area contributed by atoms with E-state index in [-0.39, 0.29) is 12.3 Å². The fourth-order valence-corrected chi connectivity index (χ4v) is 3.52. The van der Waals surface area contributed by atoms with Crippen molar-refractivity contribution < 1.29 is 19.1 Å². The molecule has 0 bridgehead atoms. The van der Waals surface area contributed by atoms with Crippen molar-refractivity contribution in [3.63, 3.8) is 0 Å². The van der Waals surface area contributed by atoms with E-state index in [1.165, 1.54) is 13.0 Å². The van der Waals surface area contributed by atoms with Crippen LogP contribution in [0, 0.1) is 6.92 Å². The number of para-hydroxylation sites is 1. The molecule has 154 valence electrons. The number of hydrogen-bond acceptors (Lipinski definition) is 5. The van der Waals surface area contributed by atoms with Gasteiger partial charge in [-0.2, -0.15) is 0 Å². The number of aliphatic hydroxyl groups is 1. The fourth-order valence-electron chi connectivity index (χ4n) is 3.52. The van der Waals surface area contributed by atoms with Crippen LogP contribution in [0.3, 0.4) is 0 Å². The molecule has 7 heteroatoms. The van der Waals surface area contributed by atoms with Gasteiger partial charge in [0.15, 0.2) is 0 Å². The predicted octanol–water partition coefficient (Wildman–Crippen LogP) is 3.05. The van der Waals surface area contributed by atoms with E-state index in [1.807, 2.05) is 37.3 Å². The van der Waals surface area contributed by atoms with Gasteiger partial charge in [0.25, 0.3) is 5.91 Å². The summed E-state index contributed by atoms with van der Waals surface area (Å²) in [5.41, 5.74) is 1.80. The zero-order chi connectivity index (χ0) is 21.5. The minimum absolute atomic E-state index is 0.169. The van der Waals surface area contributed by atoms with E-state index in [9.17, 15) is 14.7 Å². The lowest BCUT2D eigenvalue weighted by Gasteiger charge is -2.28. The highest BCUT2D eigenvalue weighted by Crippen LogP contribution is 2.27. The summed E-state index contributed by atoms with van der Waals surface area (Å²) < 4.78 is 5.89. The number of hydrogen-bond donors (Lipinski definition) is 2. The standard InChI is InChI=1S/C23H23N3O4/c1-14-17-6-4-5-7-18(17)30-19(14)13-26(3)20(27)9-8-15-10-16-11-23(2,29)22(28)25-21(16)24-12-15/h4-10,12,29H,11,13H2,1-3H3,(H,24,25,28). The lowest BCUT2D eigenvalue weighted by Crippen LogP contribution is -2.45. The lowest BCUT2D eigenvalue weighted by atomic mass is 9.92. The third-order valence-corrected chi connectivity index (χ3v) is 5.36. The number of rotatable bonds is 4.